The first kappa shape index (κ1) is 21.2. The fourth-order valence-corrected chi connectivity index (χ4v) is 4.81. The number of hydrogen-bond donors (Lipinski definition) is 1. The highest BCUT2D eigenvalue weighted by Crippen LogP contribution is 2.31. The van der Waals surface area contributed by atoms with Crippen molar-refractivity contribution in [1.82, 2.24) is 20.3 Å². The van der Waals surface area contributed by atoms with Crippen LogP contribution in [-0.4, -0.2) is 66.5 Å². The van der Waals surface area contributed by atoms with Crippen molar-refractivity contribution in [3.8, 4) is 5.19 Å². The Balaban J connectivity index is 1.34. The molecule has 0 bridgehead atoms. The summed E-state index contributed by atoms with van der Waals surface area (Å²) >= 11 is 7.58. The van der Waals surface area contributed by atoms with E-state index in [-0.39, 0.29) is 11.3 Å². The molecule has 1 atom stereocenters. The number of morpholine rings is 1. The van der Waals surface area contributed by atoms with E-state index >= 15 is 0 Å². The van der Waals surface area contributed by atoms with Gasteiger partial charge in [0.1, 0.15) is 5.82 Å². The van der Waals surface area contributed by atoms with Gasteiger partial charge in [0.05, 0.1) is 18.7 Å². The topological polar surface area (TPSA) is 92.7 Å². The smallest absolute Gasteiger partial charge is 0.381 e. The highest BCUT2D eigenvalue weighted by Gasteiger charge is 2.25. The van der Waals surface area contributed by atoms with Gasteiger partial charge in [-0.2, -0.15) is 4.98 Å². The van der Waals surface area contributed by atoms with E-state index in [1.54, 1.807) is 11.6 Å². The molecule has 1 amide bonds. The Kier molecular flexibility index (Phi) is 6.24. The molecule has 2 aliphatic heterocycles. The van der Waals surface area contributed by atoms with Crippen LogP contribution in [0.4, 0.5) is 16.3 Å². The number of carbonyl (C=O) groups excluding carboxylic acids is 1. The molecule has 1 N–H and O–H groups in total. The number of anilines is 2. The predicted octanol–water partition coefficient (Wildman–Crippen LogP) is 3.33. The lowest BCUT2D eigenvalue weighted by atomic mass is 10.1. The largest absolute Gasteiger partial charge is 0.414 e. The molecule has 2 saturated heterocycles. The second-order valence-corrected chi connectivity index (χ2v) is 8.93. The van der Waals surface area contributed by atoms with Crippen LogP contribution in [-0.2, 0) is 4.74 Å². The van der Waals surface area contributed by atoms with E-state index in [2.05, 4.69) is 48.3 Å². The molecule has 0 aliphatic carbocycles. The van der Waals surface area contributed by atoms with Crippen LogP contribution < -0.4 is 19.9 Å². The van der Waals surface area contributed by atoms with Crippen molar-refractivity contribution in [1.29, 1.82) is 0 Å². The highest BCUT2D eigenvalue weighted by atomic mass is 35.5. The molecular weight excluding hydrogens is 452 g/mol. The molecule has 32 heavy (non-hydrogen) atoms. The summed E-state index contributed by atoms with van der Waals surface area (Å²) in [5.74, 6) is 0.785. The van der Waals surface area contributed by atoms with Crippen molar-refractivity contribution >= 4 is 51.4 Å². The Morgan fingerprint density at radius 2 is 2.09 bits per heavy atom. The summed E-state index contributed by atoms with van der Waals surface area (Å²) in [6.07, 6.45) is 2.88. The average molecular weight is 475 g/mol. The third kappa shape index (κ3) is 4.72. The number of aromatic nitrogens is 3. The van der Waals surface area contributed by atoms with Gasteiger partial charge in [0.2, 0.25) is 5.28 Å². The minimum Gasteiger partial charge on any atom is -0.381 e. The number of nitrogens with one attached hydrogen (secondary N) is 1. The van der Waals surface area contributed by atoms with Gasteiger partial charge in [-0.15, -0.1) is 0 Å². The lowest BCUT2D eigenvalue weighted by Crippen LogP contribution is -2.48. The van der Waals surface area contributed by atoms with Gasteiger partial charge in [-0.3, -0.25) is 0 Å². The number of hydrogen-bond acceptors (Lipinski definition) is 9. The van der Waals surface area contributed by atoms with Crippen LogP contribution in [0.5, 0.6) is 5.19 Å². The minimum absolute atomic E-state index is 0.0624. The van der Waals surface area contributed by atoms with Crippen molar-refractivity contribution in [2.75, 3.05) is 49.2 Å². The Morgan fingerprint density at radius 1 is 1.22 bits per heavy atom. The molecule has 3 aromatic rings. The number of nitrogens with zero attached hydrogens (tertiary/aromatic N) is 5. The van der Waals surface area contributed by atoms with E-state index in [0.29, 0.717) is 11.7 Å². The zero-order chi connectivity index (χ0) is 21.9. The lowest BCUT2D eigenvalue weighted by Gasteiger charge is -2.34. The molecule has 0 saturated carbocycles. The normalized spacial score (nSPS) is 19.2. The first-order chi connectivity index (χ1) is 15.7. The molecule has 2 aromatic heterocycles. The summed E-state index contributed by atoms with van der Waals surface area (Å²) in [6, 6.07) is 6.15. The van der Waals surface area contributed by atoms with Crippen molar-refractivity contribution in [2.24, 2.45) is 0 Å². The molecule has 0 radical (unpaired) electrons. The van der Waals surface area contributed by atoms with Gasteiger partial charge < -0.3 is 24.6 Å². The Labute approximate surface area is 194 Å². The summed E-state index contributed by atoms with van der Waals surface area (Å²) in [5, 5.41) is 6.19. The number of piperidine rings is 1. The number of carbonyl (C=O) groups is 1. The highest BCUT2D eigenvalue weighted by molar-refractivity contribution is 7.11. The first-order valence-corrected chi connectivity index (χ1v) is 11.8. The number of halogens is 1. The van der Waals surface area contributed by atoms with Crippen LogP contribution in [0.1, 0.15) is 12.8 Å². The number of rotatable bonds is 4. The summed E-state index contributed by atoms with van der Waals surface area (Å²) < 4.78 is 10.7. The second kappa shape index (κ2) is 9.43. The maximum absolute atomic E-state index is 12.2. The maximum Gasteiger partial charge on any atom is 0.414 e. The van der Waals surface area contributed by atoms with Gasteiger partial charge in [0, 0.05) is 54.9 Å². The molecule has 168 valence electrons. The van der Waals surface area contributed by atoms with Gasteiger partial charge in [0.15, 0.2) is 0 Å². The zero-order valence-electron chi connectivity index (χ0n) is 17.4. The Morgan fingerprint density at radius 3 is 2.91 bits per heavy atom. The van der Waals surface area contributed by atoms with E-state index in [1.807, 2.05) is 0 Å². The lowest BCUT2D eigenvalue weighted by molar-refractivity contribution is 0.122. The number of ether oxygens (including phenoxy) is 2. The maximum atomic E-state index is 12.2. The third-order valence-electron chi connectivity index (χ3n) is 5.64. The van der Waals surface area contributed by atoms with Crippen LogP contribution >= 0.6 is 22.9 Å². The number of amides is 1. The van der Waals surface area contributed by atoms with Crippen molar-refractivity contribution < 1.29 is 14.3 Å². The quantitative estimate of drug-likeness (QED) is 0.575. The van der Waals surface area contributed by atoms with Crippen LogP contribution in [0.25, 0.3) is 10.9 Å². The van der Waals surface area contributed by atoms with Gasteiger partial charge in [-0.05, 0) is 42.6 Å². The Bertz CT molecular complexity index is 1090. The summed E-state index contributed by atoms with van der Waals surface area (Å²) in [6.45, 7) is 4.59. The van der Waals surface area contributed by atoms with E-state index in [1.165, 1.54) is 11.3 Å². The monoisotopic (exact) mass is 474 g/mol. The van der Waals surface area contributed by atoms with Crippen molar-refractivity contribution in [3.05, 3.63) is 35.1 Å². The van der Waals surface area contributed by atoms with Gasteiger partial charge in [-0.1, -0.05) is 11.3 Å². The molecule has 11 heteroatoms. The van der Waals surface area contributed by atoms with Gasteiger partial charge in [-0.25, -0.2) is 14.8 Å². The standard InChI is InChI=1S/C21H23ClN6O3S/c22-19-25-17-12-15(27-7-9-30-10-8-27)3-4-16(17)18(26-19)28-6-1-2-14(13-28)24-20(29)31-21-23-5-11-32-21/h3-5,11-12,14H,1-2,6-10,13H2,(H,24,29). The Hall–Kier alpha value is -2.69. The summed E-state index contributed by atoms with van der Waals surface area (Å²) in [4.78, 5) is 29.7. The first-order valence-electron chi connectivity index (χ1n) is 10.6. The fourth-order valence-electron chi connectivity index (χ4n) is 4.16. The molecule has 5 rings (SSSR count). The van der Waals surface area contributed by atoms with E-state index in [0.717, 1.165) is 68.1 Å². The predicted molar refractivity (Wildman–Crippen MR) is 124 cm³/mol. The zero-order valence-corrected chi connectivity index (χ0v) is 18.9. The van der Waals surface area contributed by atoms with Crippen LogP contribution in [0.2, 0.25) is 5.28 Å². The molecule has 9 nitrogen and oxygen atoms in total. The molecule has 0 spiro atoms. The van der Waals surface area contributed by atoms with Gasteiger partial charge >= 0.3 is 6.09 Å². The van der Waals surface area contributed by atoms with E-state index in [4.69, 9.17) is 21.1 Å². The fraction of sp³-hybridized carbons (Fsp3) is 0.429. The SMILES string of the molecule is O=C(NC1CCCN(c2nc(Cl)nc3cc(N4CCOCC4)ccc23)C1)Oc1nccs1. The van der Waals surface area contributed by atoms with Crippen LogP contribution in [0.15, 0.2) is 29.8 Å². The van der Waals surface area contributed by atoms with Crippen molar-refractivity contribution in [2.45, 2.75) is 18.9 Å². The number of benzene rings is 1. The molecule has 1 aromatic carbocycles. The van der Waals surface area contributed by atoms with E-state index in [9.17, 15) is 4.79 Å². The second-order valence-electron chi connectivity index (χ2n) is 7.73. The molecule has 2 aliphatic rings. The third-order valence-corrected chi connectivity index (χ3v) is 6.46. The molecule has 1 unspecified atom stereocenters. The van der Waals surface area contributed by atoms with E-state index < -0.39 is 6.09 Å². The number of thiazole rings is 1. The number of fused-ring (bicyclic) bond motifs is 1. The molecular formula is C21H23ClN6O3S. The summed E-state index contributed by atoms with van der Waals surface area (Å²) in [7, 11) is 0. The van der Waals surface area contributed by atoms with Crippen LogP contribution in [0.3, 0.4) is 0 Å². The minimum atomic E-state index is -0.493. The summed E-state index contributed by atoms with van der Waals surface area (Å²) in [5.41, 5.74) is 1.91. The molecule has 2 fully saturated rings. The average Bonchev–Trinajstić information content (AvgIpc) is 3.31. The van der Waals surface area contributed by atoms with Gasteiger partial charge in [0.25, 0.3) is 5.19 Å². The van der Waals surface area contributed by atoms with Crippen LogP contribution in [0, 0.1) is 0 Å². The molecule has 4 heterocycles. The van der Waals surface area contributed by atoms with Crippen molar-refractivity contribution in [3.63, 3.8) is 0 Å².